The largest absolute Gasteiger partial charge is 0.481 e. The highest BCUT2D eigenvalue weighted by Gasteiger charge is 2.11. The van der Waals surface area contributed by atoms with Crippen molar-refractivity contribution >= 4 is 17.6 Å². The topological polar surface area (TPSA) is 68.0 Å². The van der Waals surface area contributed by atoms with Gasteiger partial charge >= 0.3 is 5.97 Å². The molecule has 6 heteroatoms. The summed E-state index contributed by atoms with van der Waals surface area (Å²) in [7, 11) is 0. The summed E-state index contributed by atoms with van der Waals surface area (Å²) in [5, 5.41) is 17.2. The third-order valence-corrected chi connectivity index (χ3v) is 2.89. The van der Waals surface area contributed by atoms with Crippen molar-refractivity contribution in [3.63, 3.8) is 0 Å². The number of carboxylic acids is 1. The normalized spacial score (nSPS) is 10.6. The predicted octanol–water partition coefficient (Wildman–Crippen LogP) is 1.92. The van der Waals surface area contributed by atoms with E-state index in [1.807, 2.05) is 19.1 Å². The molecule has 0 amide bonds. The molecule has 1 aromatic heterocycles. The van der Waals surface area contributed by atoms with E-state index in [1.165, 1.54) is 0 Å². The van der Waals surface area contributed by atoms with E-state index in [0.29, 0.717) is 17.3 Å². The molecule has 0 radical (unpaired) electrons. The number of benzene rings is 1. The smallest absolute Gasteiger partial charge is 0.309 e. The van der Waals surface area contributed by atoms with Gasteiger partial charge in [0.2, 0.25) is 0 Å². The molecular weight excluding hydrogens is 254 g/mol. The summed E-state index contributed by atoms with van der Waals surface area (Å²) in [4.78, 5) is 10.6. The summed E-state index contributed by atoms with van der Waals surface area (Å²) in [5.74, 6) is -0.906. The number of aromatic nitrogens is 3. The zero-order valence-electron chi connectivity index (χ0n) is 9.80. The number of rotatable bonds is 4. The average Bonchev–Trinajstić information content (AvgIpc) is 2.64. The van der Waals surface area contributed by atoms with Crippen molar-refractivity contribution in [2.45, 2.75) is 19.9 Å². The fraction of sp³-hybridized carbons (Fsp3) is 0.250. The fourth-order valence-electron chi connectivity index (χ4n) is 1.62. The Bertz CT molecular complexity index is 563. The maximum absolute atomic E-state index is 10.6. The zero-order valence-corrected chi connectivity index (χ0v) is 10.6. The van der Waals surface area contributed by atoms with Crippen molar-refractivity contribution < 1.29 is 9.90 Å². The summed E-state index contributed by atoms with van der Waals surface area (Å²) in [6.07, 6.45) is -0.105. The standard InChI is InChI=1S/C12H12ClN3O2/c1-8-11(6-12(17)18)14-15-16(8)7-9-2-4-10(13)5-3-9/h2-5H,6-7H2,1H3,(H,17,18). The van der Waals surface area contributed by atoms with Gasteiger partial charge in [-0.25, -0.2) is 4.68 Å². The van der Waals surface area contributed by atoms with Crippen LogP contribution in [0.4, 0.5) is 0 Å². The number of carbonyl (C=O) groups is 1. The van der Waals surface area contributed by atoms with Gasteiger partial charge in [-0.1, -0.05) is 28.9 Å². The van der Waals surface area contributed by atoms with Gasteiger partial charge in [-0.05, 0) is 24.6 Å². The van der Waals surface area contributed by atoms with Crippen molar-refractivity contribution in [1.29, 1.82) is 0 Å². The number of hydrogen-bond acceptors (Lipinski definition) is 3. The maximum Gasteiger partial charge on any atom is 0.309 e. The van der Waals surface area contributed by atoms with E-state index in [2.05, 4.69) is 10.3 Å². The molecule has 0 unspecified atom stereocenters. The molecule has 94 valence electrons. The van der Waals surface area contributed by atoms with Gasteiger partial charge in [0.15, 0.2) is 0 Å². The van der Waals surface area contributed by atoms with E-state index in [4.69, 9.17) is 16.7 Å². The van der Waals surface area contributed by atoms with E-state index in [0.717, 1.165) is 11.3 Å². The van der Waals surface area contributed by atoms with Gasteiger partial charge in [0.1, 0.15) is 0 Å². The number of hydrogen-bond donors (Lipinski definition) is 1. The molecule has 0 saturated heterocycles. The van der Waals surface area contributed by atoms with Crippen molar-refractivity contribution in [2.75, 3.05) is 0 Å². The number of aliphatic carboxylic acids is 1. The lowest BCUT2D eigenvalue weighted by molar-refractivity contribution is -0.136. The quantitative estimate of drug-likeness (QED) is 0.917. The monoisotopic (exact) mass is 265 g/mol. The first-order valence-electron chi connectivity index (χ1n) is 5.41. The Morgan fingerprint density at radius 3 is 2.67 bits per heavy atom. The van der Waals surface area contributed by atoms with Crippen LogP contribution in [0.3, 0.4) is 0 Å². The molecule has 1 heterocycles. The van der Waals surface area contributed by atoms with Crippen molar-refractivity contribution in [2.24, 2.45) is 0 Å². The Hall–Kier alpha value is -1.88. The summed E-state index contributed by atoms with van der Waals surface area (Å²) in [6, 6.07) is 7.42. The van der Waals surface area contributed by atoms with Crippen LogP contribution in [0, 0.1) is 6.92 Å². The van der Waals surface area contributed by atoms with E-state index in [9.17, 15) is 4.79 Å². The molecule has 2 aromatic rings. The Kier molecular flexibility index (Phi) is 3.62. The van der Waals surface area contributed by atoms with Crippen LogP contribution in [0.15, 0.2) is 24.3 Å². The number of carboxylic acid groups (broad SMARTS) is 1. The molecule has 0 spiro atoms. The van der Waals surface area contributed by atoms with Crippen LogP contribution >= 0.6 is 11.6 Å². The maximum atomic E-state index is 10.6. The highest BCUT2D eigenvalue weighted by molar-refractivity contribution is 6.30. The van der Waals surface area contributed by atoms with Crippen LogP contribution < -0.4 is 0 Å². The third-order valence-electron chi connectivity index (χ3n) is 2.64. The molecular formula is C12H12ClN3O2. The van der Waals surface area contributed by atoms with Crippen LogP contribution in [-0.4, -0.2) is 26.1 Å². The Morgan fingerprint density at radius 2 is 2.06 bits per heavy atom. The minimum Gasteiger partial charge on any atom is -0.481 e. The second kappa shape index (κ2) is 5.18. The first-order chi connectivity index (χ1) is 8.56. The molecule has 0 aliphatic heterocycles. The molecule has 5 nitrogen and oxygen atoms in total. The molecule has 1 aromatic carbocycles. The van der Waals surface area contributed by atoms with E-state index < -0.39 is 5.97 Å². The van der Waals surface area contributed by atoms with Crippen molar-refractivity contribution in [1.82, 2.24) is 15.0 Å². The van der Waals surface area contributed by atoms with Gasteiger partial charge in [-0.3, -0.25) is 4.79 Å². The average molecular weight is 266 g/mol. The predicted molar refractivity (Wildman–Crippen MR) is 66.7 cm³/mol. The first kappa shape index (κ1) is 12.6. The minimum absolute atomic E-state index is 0.105. The van der Waals surface area contributed by atoms with Crippen LogP contribution in [0.25, 0.3) is 0 Å². The number of halogens is 1. The lowest BCUT2D eigenvalue weighted by Gasteiger charge is -2.03. The van der Waals surface area contributed by atoms with Gasteiger partial charge < -0.3 is 5.11 Å². The molecule has 1 N–H and O–H groups in total. The second-order valence-corrected chi connectivity index (χ2v) is 4.41. The number of nitrogens with zero attached hydrogens (tertiary/aromatic N) is 3. The van der Waals surface area contributed by atoms with E-state index in [1.54, 1.807) is 16.8 Å². The summed E-state index contributed by atoms with van der Waals surface area (Å²) < 4.78 is 1.68. The lowest BCUT2D eigenvalue weighted by Crippen LogP contribution is -2.06. The summed E-state index contributed by atoms with van der Waals surface area (Å²) in [6.45, 7) is 2.36. The molecule has 0 aliphatic carbocycles. The first-order valence-corrected chi connectivity index (χ1v) is 5.79. The van der Waals surface area contributed by atoms with E-state index >= 15 is 0 Å². The Labute approximate surface area is 109 Å². The molecule has 0 fully saturated rings. The minimum atomic E-state index is -0.906. The lowest BCUT2D eigenvalue weighted by atomic mass is 10.2. The second-order valence-electron chi connectivity index (χ2n) is 3.98. The highest BCUT2D eigenvalue weighted by atomic mass is 35.5. The van der Waals surface area contributed by atoms with Crippen LogP contribution in [0.5, 0.6) is 0 Å². The van der Waals surface area contributed by atoms with Gasteiger partial charge in [0, 0.05) is 5.02 Å². The van der Waals surface area contributed by atoms with Gasteiger partial charge in [0.05, 0.1) is 24.4 Å². The summed E-state index contributed by atoms with van der Waals surface area (Å²) >= 11 is 5.81. The van der Waals surface area contributed by atoms with Gasteiger partial charge in [-0.15, -0.1) is 5.10 Å². The van der Waals surface area contributed by atoms with Crippen LogP contribution in [-0.2, 0) is 17.8 Å². The molecule has 18 heavy (non-hydrogen) atoms. The van der Waals surface area contributed by atoms with Gasteiger partial charge in [-0.2, -0.15) is 0 Å². The Balaban J connectivity index is 2.17. The zero-order chi connectivity index (χ0) is 13.1. The molecule has 0 atom stereocenters. The van der Waals surface area contributed by atoms with Crippen LogP contribution in [0.2, 0.25) is 5.02 Å². The molecule has 0 saturated carbocycles. The molecule has 0 aliphatic rings. The summed E-state index contributed by atoms with van der Waals surface area (Å²) in [5.41, 5.74) is 2.30. The van der Waals surface area contributed by atoms with Crippen LogP contribution in [0.1, 0.15) is 17.0 Å². The van der Waals surface area contributed by atoms with Crippen molar-refractivity contribution in [3.8, 4) is 0 Å². The molecule has 0 bridgehead atoms. The fourth-order valence-corrected chi connectivity index (χ4v) is 1.74. The van der Waals surface area contributed by atoms with Gasteiger partial charge in [0.25, 0.3) is 0 Å². The third kappa shape index (κ3) is 2.87. The SMILES string of the molecule is Cc1c(CC(=O)O)nnn1Cc1ccc(Cl)cc1. The van der Waals surface area contributed by atoms with Crippen molar-refractivity contribution in [3.05, 3.63) is 46.2 Å². The van der Waals surface area contributed by atoms with E-state index in [-0.39, 0.29) is 6.42 Å². The Morgan fingerprint density at radius 1 is 1.39 bits per heavy atom. The molecule has 2 rings (SSSR count). The highest BCUT2D eigenvalue weighted by Crippen LogP contribution is 2.12.